The lowest BCUT2D eigenvalue weighted by atomic mass is 9.81. The fourth-order valence-electron chi connectivity index (χ4n) is 2.49. The first-order chi connectivity index (χ1) is 8.22. The molecule has 3 nitrogen and oxygen atoms in total. The number of rotatable bonds is 4. The molecule has 0 amide bonds. The van der Waals surface area contributed by atoms with Crippen molar-refractivity contribution in [2.75, 3.05) is 6.54 Å². The van der Waals surface area contributed by atoms with Crippen LogP contribution in [0.15, 0.2) is 18.3 Å². The molecule has 0 saturated carbocycles. The summed E-state index contributed by atoms with van der Waals surface area (Å²) in [6.45, 7) is 2.60. The van der Waals surface area contributed by atoms with Crippen molar-refractivity contribution in [2.24, 2.45) is 11.7 Å². The topological polar surface area (TPSA) is 56.0 Å². The maximum Gasteiger partial charge on any atom is 0.142 e. The van der Waals surface area contributed by atoms with Gasteiger partial charge in [0.2, 0.25) is 0 Å². The van der Waals surface area contributed by atoms with Crippen LogP contribution in [-0.2, 0) is 11.2 Å². The van der Waals surface area contributed by atoms with Gasteiger partial charge in [0.15, 0.2) is 0 Å². The third-order valence-corrected chi connectivity index (χ3v) is 3.54. The second-order valence-electron chi connectivity index (χ2n) is 5.00. The van der Waals surface area contributed by atoms with Gasteiger partial charge in [-0.15, -0.1) is 0 Å². The third-order valence-electron chi connectivity index (χ3n) is 3.54. The first-order valence-corrected chi connectivity index (χ1v) is 6.39. The summed E-state index contributed by atoms with van der Waals surface area (Å²) in [6.07, 6.45) is 5.46. The second kappa shape index (κ2) is 5.41. The van der Waals surface area contributed by atoms with E-state index in [1.54, 1.807) is 6.20 Å². The zero-order chi connectivity index (χ0) is 12.3. The second-order valence-corrected chi connectivity index (χ2v) is 5.00. The number of fused-ring (bicyclic) bond motifs is 1. The fraction of sp³-hybridized carbons (Fsp3) is 0.571. The van der Waals surface area contributed by atoms with E-state index < -0.39 is 0 Å². The predicted octanol–water partition coefficient (Wildman–Crippen LogP) is 2.06. The highest BCUT2D eigenvalue weighted by molar-refractivity contribution is 5.86. The predicted molar refractivity (Wildman–Crippen MR) is 67.8 cm³/mol. The summed E-state index contributed by atoms with van der Waals surface area (Å²) < 4.78 is 0. The molecular formula is C14H20N2O. The van der Waals surface area contributed by atoms with Crippen LogP contribution < -0.4 is 5.73 Å². The van der Waals surface area contributed by atoms with Gasteiger partial charge in [-0.25, -0.2) is 0 Å². The van der Waals surface area contributed by atoms with Crippen molar-refractivity contribution in [1.29, 1.82) is 0 Å². The molecule has 0 fully saturated rings. The SMILES string of the molecule is CC(CN)CC(=O)C1CCCc2cccnc21. The number of nitrogens with two attached hydrogens (primary N) is 1. The highest BCUT2D eigenvalue weighted by Crippen LogP contribution is 2.31. The van der Waals surface area contributed by atoms with E-state index in [2.05, 4.69) is 11.1 Å². The Kier molecular flexibility index (Phi) is 3.89. The quantitative estimate of drug-likeness (QED) is 0.864. The Bertz CT molecular complexity index is 403. The van der Waals surface area contributed by atoms with Crippen molar-refractivity contribution in [3.63, 3.8) is 0 Å². The number of nitrogens with zero attached hydrogens (tertiary/aromatic N) is 1. The van der Waals surface area contributed by atoms with Crippen LogP contribution in [0.5, 0.6) is 0 Å². The number of Topliss-reactive ketones (excluding diaryl/α,β-unsaturated/α-hetero) is 1. The van der Waals surface area contributed by atoms with Crippen LogP contribution in [0.2, 0.25) is 0 Å². The Balaban J connectivity index is 2.15. The van der Waals surface area contributed by atoms with Crippen LogP contribution in [0.4, 0.5) is 0 Å². The number of carbonyl (C=O) groups is 1. The molecule has 0 saturated heterocycles. The summed E-state index contributed by atoms with van der Waals surface area (Å²) in [7, 11) is 0. The number of ketones is 1. The van der Waals surface area contributed by atoms with Gasteiger partial charge in [0.1, 0.15) is 5.78 Å². The molecule has 17 heavy (non-hydrogen) atoms. The molecule has 1 aromatic rings. The summed E-state index contributed by atoms with van der Waals surface area (Å²) >= 11 is 0. The van der Waals surface area contributed by atoms with Gasteiger partial charge in [-0.1, -0.05) is 13.0 Å². The summed E-state index contributed by atoms with van der Waals surface area (Å²) in [4.78, 5) is 16.6. The van der Waals surface area contributed by atoms with Crippen molar-refractivity contribution in [3.05, 3.63) is 29.6 Å². The fourth-order valence-corrected chi connectivity index (χ4v) is 2.49. The average Bonchev–Trinajstić information content (AvgIpc) is 2.37. The van der Waals surface area contributed by atoms with Gasteiger partial charge in [0.05, 0.1) is 11.6 Å². The molecule has 1 aliphatic rings. The number of hydrogen-bond donors (Lipinski definition) is 1. The van der Waals surface area contributed by atoms with E-state index in [0.717, 1.165) is 25.0 Å². The van der Waals surface area contributed by atoms with Gasteiger partial charge in [-0.3, -0.25) is 9.78 Å². The smallest absolute Gasteiger partial charge is 0.142 e. The molecule has 2 rings (SSSR count). The van der Waals surface area contributed by atoms with Crippen molar-refractivity contribution in [3.8, 4) is 0 Å². The van der Waals surface area contributed by atoms with E-state index in [0.29, 0.717) is 18.7 Å². The molecule has 2 atom stereocenters. The molecule has 0 spiro atoms. The number of aryl methyl sites for hydroxylation is 1. The zero-order valence-corrected chi connectivity index (χ0v) is 10.4. The van der Waals surface area contributed by atoms with E-state index >= 15 is 0 Å². The lowest BCUT2D eigenvalue weighted by Gasteiger charge is -2.24. The Morgan fingerprint density at radius 3 is 3.24 bits per heavy atom. The maximum absolute atomic E-state index is 12.2. The molecule has 1 aliphatic carbocycles. The van der Waals surface area contributed by atoms with Crippen molar-refractivity contribution in [1.82, 2.24) is 4.98 Å². The van der Waals surface area contributed by atoms with Crippen molar-refractivity contribution in [2.45, 2.75) is 38.5 Å². The van der Waals surface area contributed by atoms with Gasteiger partial charge < -0.3 is 5.73 Å². The lowest BCUT2D eigenvalue weighted by Crippen LogP contribution is -2.23. The van der Waals surface area contributed by atoms with E-state index in [1.807, 2.05) is 13.0 Å². The average molecular weight is 232 g/mol. The third kappa shape index (κ3) is 2.72. The monoisotopic (exact) mass is 232 g/mol. The molecule has 1 aromatic heterocycles. The largest absolute Gasteiger partial charge is 0.330 e. The number of pyridine rings is 1. The van der Waals surface area contributed by atoms with Gasteiger partial charge >= 0.3 is 0 Å². The minimum atomic E-state index is 0.00829. The Morgan fingerprint density at radius 2 is 2.47 bits per heavy atom. The van der Waals surface area contributed by atoms with Crippen LogP contribution in [0.25, 0.3) is 0 Å². The van der Waals surface area contributed by atoms with Crippen LogP contribution in [0.1, 0.15) is 43.4 Å². The van der Waals surface area contributed by atoms with Gasteiger partial charge in [0.25, 0.3) is 0 Å². The molecular weight excluding hydrogens is 212 g/mol. The molecule has 0 aromatic carbocycles. The van der Waals surface area contributed by atoms with Gasteiger partial charge in [0, 0.05) is 12.6 Å². The summed E-state index contributed by atoms with van der Waals surface area (Å²) in [6, 6.07) is 4.04. The minimum Gasteiger partial charge on any atom is -0.330 e. The highest BCUT2D eigenvalue weighted by Gasteiger charge is 2.27. The number of carbonyl (C=O) groups excluding carboxylic acids is 1. The van der Waals surface area contributed by atoms with Crippen LogP contribution in [-0.4, -0.2) is 17.3 Å². The van der Waals surface area contributed by atoms with Crippen LogP contribution in [0.3, 0.4) is 0 Å². The van der Waals surface area contributed by atoms with Crippen molar-refractivity contribution >= 4 is 5.78 Å². The lowest BCUT2D eigenvalue weighted by molar-refractivity contribution is -0.121. The molecule has 1 heterocycles. The number of hydrogen-bond acceptors (Lipinski definition) is 3. The molecule has 2 N–H and O–H groups in total. The van der Waals surface area contributed by atoms with E-state index in [1.165, 1.54) is 5.56 Å². The summed E-state index contributed by atoms with van der Waals surface area (Å²) in [5.41, 5.74) is 7.83. The summed E-state index contributed by atoms with van der Waals surface area (Å²) in [5, 5.41) is 0. The first kappa shape index (κ1) is 12.2. The Hall–Kier alpha value is -1.22. The van der Waals surface area contributed by atoms with E-state index in [9.17, 15) is 4.79 Å². The standard InChI is InChI=1S/C14H20N2O/c1-10(9-15)8-13(17)12-6-2-4-11-5-3-7-16-14(11)12/h3,5,7,10,12H,2,4,6,8-9,15H2,1H3. The van der Waals surface area contributed by atoms with Gasteiger partial charge in [-0.05, 0) is 43.4 Å². The normalized spacial score (nSPS) is 20.7. The molecule has 92 valence electrons. The Morgan fingerprint density at radius 1 is 1.65 bits per heavy atom. The zero-order valence-electron chi connectivity index (χ0n) is 10.4. The summed E-state index contributed by atoms with van der Waals surface area (Å²) in [5.74, 6) is 0.591. The maximum atomic E-state index is 12.2. The van der Waals surface area contributed by atoms with E-state index in [-0.39, 0.29) is 11.8 Å². The molecule has 3 heteroatoms. The Labute approximate surface area is 102 Å². The first-order valence-electron chi connectivity index (χ1n) is 6.39. The van der Waals surface area contributed by atoms with Crippen LogP contribution in [0, 0.1) is 5.92 Å². The highest BCUT2D eigenvalue weighted by atomic mass is 16.1. The molecule has 0 aliphatic heterocycles. The van der Waals surface area contributed by atoms with Crippen molar-refractivity contribution < 1.29 is 4.79 Å². The van der Waals surface area contributed by atoms with E-state index in [4.69, 9.17) is 5.73 Å². The van der Waals surface area contributed by atoms with Gasteiger partial charge in [-0.2, -0.15) is 0 Å². The molecule has 2 unspecified atom stereocenters. The number of aromatic nitrogens is 1. The molecule has 0 bridgehead atoms. The molecule has 0 radical (unpaired) electrons. The van der Waals surface area contributed by atoms with Crippen LogP contribution >= 0.6 is 0 Å². The minimum absolute atomic E-state index is 0.00829.